The molecule has 128 valence electrons. The zero-order chi connectivity index (χ0) is 17.4. The lowest BCUT2D eigenvalue weighted by Crippen LogP contribution is -2.32. The number of likely N-dealkylation sites (tertiary alicyclic amines) is 1. The monoisotopic (exact) mass is 337 g/mol. The topological polar surface area (TPSA) is 73.0 Å². The van der Waals surface area contributed by atoms with Gasteiger partial charge in [0.15, 0.2) is 5.65 Å². The van der Waals surface area contributed by atoms with Crippen LogP contribution in [0.4, 0.5) is 0 Å². The summed E-state index contributed by atoms with van der Waals surface area (Å²) in [5, 5.41) is 0. The second-order valence-electron chi connectivity index (χ2n) is 6.39. The predicted octanol–water partition coefficient (Wildman–Crippen LogP) is 1.15. The van der Waals surface area contributed by atoms with E-state index >= 15 is 0 Å². The van der Waals surface area contributed by atoms with E-state index in [2.05, 4.69) is 9.97 Å². The highest BCUT2D eigenvalue weighted by molar-refractivity contribution is 5.79. The van der Waals surface area contributed by atoms with E-state index in [1.54, 1.807) is 22.4 Å². The summed E-state index contributed by atoms with van der Waals surface area (Å²) in [4.78, 5) is 35.3. The van der Waals surface area contributed by atoms with E-state index in [1.807, 2.05) is 35.2 Å². The molecule has 3 aromatic rings. The van der Waals surface area contributed by atoms with Crippen LogP contribution in [0.15, 0.2) is 47.7 Å². The first kappa shape index (κ1) is 15.6. The van der Waals surface area contributed by atoms with Crippen LogP contribution >= 0.6 is 0 Å². The summed E-state index contributed by atoms with van der Waals surface area (Å²) in [7, 11) is 1.72. The van der Waals surface area contributed by atoms with Gasteiger partial charge < -0.3 is 4.90 Å². The highest BCUT2D eigenvalue weighted by atomic mass is 16.2. The number of aryl methyl sites for hydroxylation is 1. The van der Waals surface area contributed by atoms with E-state index in [1.165, 1.54) is 6.33 Å². The van der Waals surface area contributed by atoms with Gasteiger partial charge in [-0.3, -0.25) is 13.9 Å². The van der Waals surface area contributed by atoms with Crippen LogP contribution in [0.1, 0.15) is 18.0 Å². The van der Waals surface area contributed by atoms with Crippen molar-refractivity contribution in [2.75, 3.05) is 13.1 Å². The van der Waals surface area contributed by atoms with Gasteiger partial charge in [-0.2, -0.15) is 0 Å². The lowest BCUT2D eigenvalue weighted by molar-refractivity contribution is -0.129. The Hall–Kier alpha value is -2.96. The van der Waals surface area contributed by atoms with Crippen molar-refractivity contribution in [2.24, 2.45) is 7.05 Å². The van der Waals surface area contributed by atoms with Gasteiger partial charge in [0.05, 0.1) is 18.7 Å². The Morgan fingerprint density at radius 1 is 1.28 bits per heavy atom. The third-order valence-corrected chi connectivity index (χ3v) is 4.83. The van der Waals surface area contributed by atoms with Gasteiger partial charge in [0.2, 0.25) is 5.91 Å². The molecule has 0 aliphatic carbocycles. The van der Waals surface area contributed by atoms with Crippen molar-refractivity contribution in [3.05, 3.63) is 58.9 Å². The molecular formula is C18H19N5O2. The lowest BCUT2D eigenvalue weighted by atomic mass is 10.1. The summed E-state index contributed by atoms with van der Waals surface area (Å²) in [5.41, 5.74) is 2.23. The first-order valence-electron chi connectivity index (χ1n) is 8.34. The largest absolute Gasteiger partial charge is 0.340 e. The van der Waals surface area contributed by atoms with Crippen molar-refractivity contribution in [2.45, 2.75) is 18.9 Å². The molecule has 1 aliphatic heterocycles. The molecule has 0 unspecified atom stereocenters. The summed E-state index contributed by atoms with van der Waals surface area (Å²) < 4.78 is 3.26. The van der Waals surface area contributed by atoms with Gasteiger partial charge in [0.1, 0.15) is 11.8 Å². The second-order valence-corrected chi connectivity index (χ2v) is 6.39. The molecule has 0 saturated carbocycles. The Bertz CT molecular complexity index is 976. The van der Waals surface area contributed by atoms with Gasteiger partial charge in [0, 0.05) is 20.1 Å². The minimum atomic E-state index is -0.113. The number of carbonyl (C=O) groups excluding carboxylic acids is 1. The Morgan fingerprint density at radius 3 is 2.88 bits per heavy atom. The third kappa shape index (κ3) is 2.71. The molecule has 1 fully saturated rings. The minimum Gasteiger partial charge on any atom is -0.340 e. The molecule has 7 nitrogen and oxygen atoms in total. The van der Waals surface area contributed by atoms with Crippen LogP contribution in [0.25, 0.3) is 11.2 Å². The van der Waals surface area contributed by atoms with E-state index in [0.29, 0.717) is 30.7 Å². The molecule has 1 aromatic carbocycles. The molecule has 2 aromatic heterocycles. The Kier molecular flexibility index (Phi) is 3.83. The Labute approximate surface area is 144 Å². The van der Waals surface area contributed by atoms with Crippen molar-refractivity contribution in [3.63, 3.8) is 0 Å². The Balaban J connectivity index is 1.56. The number of benzene rings is 1. The van der Waals surface area contributed by atoms with Crippen LogP contribution in [0, 0.1) is 0 Å². The van der Waals surface area contributed by atoms with Crippen LogP contribution in [0.3, 0.4) is 0 Å². The number of aromatic nitrogens is 4. The first-order chi connectivity index (χ1) is 12.1. The molecule has 1 atom stereocenters. The van der Waals surface area contributed by atoms with Gasteiger partial charge in [0.25, 0.3) is 0 Å². The zero-order valence-corrected chi connectivity index (χ0v) is 14.0. The fourth-order valence-electron chi connectivity index (χ4n) is 3.48. The number of imidazole rings is 1. The van der Waals surface area contributed by atoms with E-state index < -0.39 is 0 Å². The molecule has 25 heavy (non-hydrogen) atoms. The molecule has 0 radical (unpaired) electrons. The molecule has 0 spiro atoms. The standard InChI is InChI=1S/C18H19N5O2/c1-21-15-10-19-12-20-17(15)23(18(21)25)14-7-8-22(11-14)16(24)9-13-5-3-2-4-6-13/h2-6,10,12,14H,7-9,11H2,1H3/t14-/m0/s1. The summed E-state index contributed by atoms with van der Waals surface area (Å²) in [6, 6.07) is 9.67. The number of fused-ring (bicyclic) bond motifs is 1. The molecule has 1 aliphatic rings. The molecule has 3 heterocycles. The SMILES string of the molecule is Cn1c(=O)n([C@H]2CCN(C(=O)Cc3ccccc3)C2)c2ncncc21. The molecule has 7 heteroatoms. The van der Waals surface area contributed by atoms with Crippen LogP contribution in [0.5, 0.6) is 0 Å². The van der Waals surface area contributed by atoms with E-state index in [9.17, 15) is 9.59 Å². The number of carbonyl (C=O) groups is 1. The lowest BCUT2D eigenvalue weighted by Gasteiger charge is -2.17. The van der Waals surface area contributed by atoms with Gasteiger partial charge in [-0.15, -0.1) is 0 Å². The van der Waals surface area contributed by atoms with Gasteiger partial charge in [-0.25, -0.2) is 14.8 Å². The summed E-state index contributed by atoms with van der Waals surface area (Å²) >= 11 is 0. The minimum absolute atomic E-state index is 0.0502. The number of hydrogen-bond acceptors (Lipinski definition) is 4. The molecule has 4 rings (SSSR count). The normalized spacial score (nSPS) is 17.3. The quantitative estimate of drug-likeness (QED) is 0.719. The van der Waals surface area contributed by atoms with Crippen molar-refractivity contribution in [1.82, 2.24) is 24.0 Å². The van der Waals surface area contributed by atoms with Crippen LogP contribution in [-0.2, 0) is 18.3 Å². The van der Waals surface area contributed by atoms with Crippen molar-refractivity contribution < 1.29 is 4.79 Å². The highest BCUT2D eigenvalue weighted by Gasteiger charge is 2.30. The third-order valence-electron chi connectivity index (χ3n) is 4.83. The number of nitrogens with zero attached hydrogens (tertiary/aromatic N) is 5. The maximum atomic E-state index is 12.6. The first-order valence-corrected chi connectivity index (χ1v) is 8.34. The van der Waals surface area contributed by atoms with E-state index in [-0.39, 0.29) is 17.6 Å². The molecule has 1 saturated heterocycles. The predicted molar refractivity (Wildman–Crippen MR) is 93.1 cm³/mol. The number of amides is 1. The van der Waals surface area contributed by atoms with Gasteiger partial charge >= 0.3 is 5.69 Å². The van der Waals surface area contributed by atoms with Gasteiger partial charge in [-0.05, 0) is 12.0 Å². The summed E-state index contributed by atoms with van der Waals surface area (Å²) in [6.07, 6.45) is 4.24. The maximum absolute atomic E-state index is 12.6. The average molecular weight is 337 g/mol. The molecule has 0 N–H and O–H groups in total. The number of rotatable bonds is 3. The summed E-state index contributed by atoms with van der Waals surface area (Å²) in [6.45, 7) is 1.19. The van der Waals surface area contributed by atoms with Crippen molar-refractivity contribution in [1.29, 1.82) is 0 Å². The van der Waals surface area contributed by atoms with Crippen molar-refractivity contribution >= 4 is 17.1 Å². The Morgan fingerprint density at radius 2 is 2.08 bits per heavy atom. The van der Waals surface area contributed by atoms with Crippen LogP contribution in [-0.4, -0.2) is 43.0 Å². The maximum Gasteiger partial charge on any atom is 0.330 e. The van der Waals surface area contributed by atoms with Crippen LogP contribution < -0.4 is 5.69 Å². The molecule has 0 bridgehead atoms. The zero-order valence-electron chi connectivity index (χ0n) is 14.0. The second kappa shape index (κ2) is 6.16. The molecule has 1 amide bonds. The van der Waals surface area contributed by atoms with E-state index in [0.717, 1.165) is 12.0 Å². The summed E-state index contributed by atoms with van der Waals surface area (Å²) in [5.74, 6) is 0.0941. The fourth-order valence-corrected chi connectivity index (χ4v) is 3.48. The number of hydrogen-bond donors (Lipinski definition) is 0. The van der Waals surface area contributed by atoms with Crippen molar-refractivity contribution in [3.8, 4) is 0 Å². The highest BCUT2D eigenvalue weighted by Crippen LogP contribution is 2.24. The van der Waals surface area contributed by atoms with E-state index in [4.69, 9.17) is 0 Å². The smallest absolute Gasteiger partial charge is 0.330 e. The van der Waals surface area contributed by atoms with Crippen LogP contribution in [0.2, 0.25) is 0 Å². The average Bonchev–Trinajstić information content (AvgIpc) is 3.20. The fraction of sp³-hybridized carbons (Fsp3) is 0.333. The molecular weight excluding hydrogens is 318 g/mol. The van der Waals surface area contributed by atoms with Gasteiger partial charge in [-0.1, -0.05) is 30.3 Å².